The molecule has 3 aliphatic heterocycles. The molecular weight excluding hydrogens is 360 g/mol. The molecule has 1 atom stereocenters. The van der Waals surface area contributed by atoms with Crippen LogP contribution in [0.2, 0.25) is 0 Å². The summed E-state index contributed by atoms with van der Waals surface area (Å²) in [5.41, 5.74) is 1.04. The minimum Gasteiger partial charge on any atom is -0.387 e. The molecular formula is C19H26N6O3. The number of carbonyl (C=O) groups excluding carboxylic acids is 2. The first-order chi connectivity index (χ1) is 13.6. The predicted octanol–water partition coefficient (Wildman–Crippen LogP) is 0.334. The summed E-state index contributed by atoms with van der Waals surface area (Å²) in [4.78, 5) is 38.1. The Hall–Kier alpha value is -2.68. The standard InChI is InChI=1S/C19H26N6O3/c26-17(21-7-10-25-11-8-22-18(25)27)16-12-19(28-23-16)5-3-9-24(14-19)13-15-4-1-2-6-20-15/h1-2,4,6H,3,5,7-14H2,(H,21,26)(H,22,27)/t19-/m1/s1. The molecule has 3 amide bonds. The molecule has 4 rings (SSSR count). The van der Waals surface area contributed by atoms with Crippen molar-refractivity contribution in [2.24, 2.45) is 5.16 Å². The first-order valence-corrected chi connectivity index (χ1v) is 9.82. The number of rotatable bonds is 6. The Kier molecular flexibility index (Phi) is 5.43. The third-order valence-electron chi connectivity index (χ3n) is 5.44. The monoisotopic (exact) mass is 386 g/mol. The van der Waals surface area contributed by atoms with E-state index in [0.717, 1.165) is 38.2 Å². The van der Waals surface area contributed by atoms with Gasteiger partial charge in [-0.1, -0.05) is 11.2 Å². The van der Waals surface area contributed by atoms with Crippen molar-refractivity contribution in [2.45, 2.75) is 31.4 Å². The average Bonchev–Trinajstić information content (AvgIpc) is 3.29. The van der Waals surface area contributed by atoms with Crippen LogP contribution in [0.15, 0.2) is 29.6 Å². The molecule has 0 aliphatic carbocycles. The molecule has 3 aliphatic rings. The molecule has 1 aromatic heterocycles. The van der Waals surface area contributed by atoms with Crippen LogP contribution >= 0.6 is 0 Å². The number of carbonyl (C=O) groups is 2. The van der Waals surface area contributed by atoms with Crippen LogP contribution in [0.3, 0.4) is 0 Å². The number of oxime groups is 1. The highest BCUT2D eigenvalue weighted by Crippen LogP contribution is 2.33. The molecule has 0 radical (unpaired) electrons. The molecule has 2 saturated heterocycles. The second kappa shape index (κ2) is 8.14. The summed E-state index contributed by atoms with van der Waals surface area (Å²) >= 11 is 0. The van der Waals surface area contributed by atoms with Crippen molar-refractivity contribution in [1.29, 1.82) is 0 Å². The molecule has 0 saturated carbocycles. The molecule has 28 heavy (non-hydrogen) atoms. The van der Waals surface area contributed by atoms with Crippen molar-refractivity contribution in [1.82, 2.24) is 25.4 Å². The Labute approximate surface area is 164 Å². The third kappa shape index (κ3) is 4.24. The summed E-state index contributed by atoms with van der Waals surface area (Å²) in [7, 11) is 0. The molecule has 2 N–H and O–H groups in total. The minimum absolute atomic E-state index is 0.0788. The lowest BCUT2D eigenvalue weighted by Crippen LogP contribution is -2.48. The van der Waals surface area contributed by atoms with Crippen molar-refractivity contribution < 1.29 is 14.4 Å². The summed E-state index contributed by atoms with van der Waals surface area (Å²) in [6.07, 6.45) is 4.21. The highest BCUT2D eigenvalue weighted by Gasteiger charge is 2.44. The van der Waals surface area contributed by atoms with E-state index in [4.69, 9.17) is 4.84 Å². The Morgan fingerprint density at radius 2 is 2.29 bits per heavy atom. The molecule has 9 nitrogen and oxygen atoms in total. The molecule has 2 fully saturated rings. The van der Waals surface area contributed by atoms with Crippen LogP contribution in [-0.2, 0) is 16.2 Å². The number of aromatic nitrogens is 1. The number of nitrogens with zero attached hydrogens (tertiary/aromatic N) is 4. The first kappa shape index (κ1) is 18.7. The third-order valence-corrected chi connectivity index (χ3v) is 5.44. The van der Waals surface area contributed by atoms with Crippen LogP contribution in [0, 0.1) is 0 Å². The topological polar surface area (TPSA) is 99.2 Å². The van der Waals surface area contributed by atoms with Crippen LogP contribution in [0.1, 0.15) is 25.0 Å². The number of amides is 3. The average molecular weight is 386 g/mol. The summed E-state index contributed by atoms with van der Waals surface area (Å²) in [6.45, 7) is 4.72. The van der Waals surface area contributed by atoms with Crippen LogP contribution in [0.4, 0.5) is 4.79 Å². The van der Waals surface area contributed by atoms with Crippen molar-refractivity contribution in [3.05, 3.63) is 30.1 Å². The van der Waals surface area contributed by atoms with Crippen molar-refractivity contribution >= 4 is 17.6 Å². The quantitative estimate of drug-likeness (QED) is 0.734. The first-order valence-electron chi connectivity index (χ1n) is 9.82. The van der Waals surface area contributed by atoms with Crippen molar-refractivity contribution in [3.63, 3.8) is 0 Å². The zero-order valence-corrected chi connectivity index (χ0v) is 15.9. The lowest BCUT2D eigenvalue weighted by atomic mass is 9.88. The second-order valence-electron chi connectivity index (χ2n) is 7.60. The van der Waals surface area contributed by atoms with Gasteiger partial charge in [-0.3, -0.25) is 14.7 Å². The van der Waals surface area contributed by atoms with E-state index in [2.05, 4.69) is 25.7 Å². The summed E-state index contributed by atoms with van der Waals surface area (Å²) in [5, 5.41) is 9.68. The largest absolute Gasteiger partial charge is 0.387 e. The van der Waals surface area contributed by atoms with E-state index in [1.165, 1.54) is 0 Å². The number of hydrogen-bond acceptors (Lipinski definition) is 6. The van der Waals surface area contributed by atoms with Gasteiger partial charge in [-0.05, 0) is 31.5 Å². The second-order valence-corrected chi connectivity index (χ2v) is 7.60. The lowest BCUT2D eigenvalue weighted by molar-refractivity contribution is -0.114. The SMILES string of the molecule is O=C(NCCN1CCNC1=O)C1=NO[C@]2(CCCN(Cc3ccccn3)C2)C1. The molecule has 150 valence electrons. The Morgan fingerprint density at radius 3 is 3.07 bits per heavy atom. The maximum Gasteiger partial charge on any atom is 0.317 e. The maximum atomic E-state index is 12.4. The van der Waals surface area contributed by atoms with Crippen molar-refractivity contribution in [2.75, 3.05) is 39.3 Å². The van der Waals surface area contributed by atoms with E-state index in [1.807, 2.05) is 18.2 Å². The highest BCUT2D eigenvalue weighted by molar-refractivity contribution is 6.39. The Balaban J connectivity index is 1.26. The molecule has 4 heterocycles. The van der Waals surface area contributed by atoms with Gasteiger partial charge in [-0.2, -0.15) is 0 Å². The Morgan fingerprint density at radius 1 is 1.36 bits per heavy atom. The van der Waals surface area contributed by atoms with Gasteiger partial charge in [0.2, 0.25) is 0 Å². The van der Waals surface area contributed by atoms with Gasteiger partial charge in [-0.25, -0.2) is 4.79 Å². The fourth-order valence-electron chi connectivity index (χ4n) is 4.04. The van der Waals surface area contributed by atoms with Gasteiger partial charge in [0, 0.05) is 51.9 Å². The van der Waals surface area contributed by atoms with E-state index < -0.39 is 5.60 Å². The molecule has 0 unspecified atom stereocenters. The maximum absolute atomic E-state index is 12.4. The Bertz CT molecular complexity index is 755. The number of piperidine rings is 1. The number of likely N-dealkylation sites (tertiary alicyclic amines) is 1. The molecule has 1 spiro atoms. The molecule has 1 aromatic rings. The van der Waals surface area contributed by atoms with Crippen LogP contribution in [-0.4, -0.2) is 77.3 Å². The van der Waals surface area contributed by atoms with Gasteiger partial charge in [-0.15, -0.1) is 0 Å². The fraction of sp³-hybridized carbons (Fsp3) is 0.579. The highest BCUT2D eigenvalue weighted by atomic mass is 16.7. The minimum atomic E-state index is -0.422. The zero-order valence-electron chi connectivity index (χ0n) is 15.9. The zero-order chi connectivity index (χ0) is 19.4. The normalized spacial score (nSPS) is 24.8. The van der Waals surface area contributed by atoms with Crippen LogP contribution in [0.25, 0.3) is 0 Å². The van der Waals surface area contributed by atoms with E-state index >= 15 is 0 Å². The summed E-state index contributed by atoms with van der Waals surface area (Å²) < 4.78 is 0. The number of nitrogens with one attached hydrogen (secondary N) is 2. The molecule has 9 heteroatoms. The molecule has 0 bridgehead atoms. The van der Waals surface area contributed by atoms with Crippen molar-refractivity contribution in [3.8, 4) is 0 Å². The van der Waals surface area contributed by atoms with Gasteiger partial charge in [0.25, 0.3) is 5.91 Å². The van der Waals surface area contributed by atoms with E-state index in [-0.39, 0.29) is 11.9 Å². The summed E-state index contributed by atoms with van der Waals surface area (Å²) in [5.74, 6) is -0.210. The number of hydrogen-bond donors (Lipinski definition) is 2. The van der Waals surface area contributed by atoms with Gasteiger partial charge >= 0.3 is 6.03 Å². The van der Waals surface area contributed by atoms with Crippen LogP contribution in [0.5, 0.6) is 0 Å². The number of urea groups is 1. The van der Waals surface area contributed by atoms with Gasteiger partial charge in [0.15, 0.2) is 5.60 Å². The lowest BCUT2D eigenvalue weighted by Gasteiger charge is -2.38. The van der Waals surface area contributed by atoms with E-state index in [9.17, 15) is 9.59 Å². The predicted molar refractivity (Wildman–Crippen MR) is 103 cm³/mol. The summed E-state index contributed by atoms with van der Waals surface area (Å²) in [6, 6.07) is 5.85. The van der Waals surface area contributed by atoms with Gasteiger partial charge in [0.1, 0.15) is 5.71 Å². The van der Waals surface area contributed by atoms with Gasteiger partial charge in [0.05, 0.1) is 5.69 Å². The fourth-order valence-corrected chi connectivity index (χ4v) is 4.04. The molecule has 0 aromatic carbocycles. The van der Waals surface area contributed by atoms with Crippen LogP contribution < -0.4 is 10.6 Å². The number of pyridine rings is 1. The van der Waals surface area contributed by atoms with E-state index in [0.29, 0.717) is 38.3 Å². The smallest absolute Gasteiger partial charge is 0.317 e. The van der Waals surface area contributed by atoms with Gasteiger partial charge < -0.3 is 20.4 Å². The van der Waals surface area contributed by atoms with E-state index in [1.54, 1.807) is 11.1 Å².